The zero-order chi connectivity index (χ0) is 25.8. The molecule has 0 bridgehead atoms. The van der Waals surface area contributed by atoms with Gasteiger partial charge in [0.1, 0.15) is 17.5 Å². The SMILES string of the molecule is COc1ccc(N2C(=O)CC(N(NC(=O)c3ccc(C)cc3)C(=O)c3ccccc3)C2=O)c(OC)c1. The summed E-state index contributed by atoms with van der Waals surface area (Å²) in [5, 5.41) is 0.938. The monoisotopic (exact) mass is 487 g/mol. The first-order chi connectivity index (χ1) is 17.3. The van der Waals surface area contributed by atoms with Gasteiger partial charge in [-0.15, -0.1) is 0 Å². The number of imide groups is 1. The zero-order valence-electron chi connectivity index (χ0n) is 20.1. The van der Waals surface area contributed by atoms with Crippen LogP contribution in [-0.4, -0.2) is 48.9 Å². The summed E-state index contributed by atoms with van der Waals surface area (Å²) in [7, 11) is 2.90. The molecule has 184 valence electrons. The Balaban J connectivity index is 1.69. The van der Waals surface area contributed by atoms with E-state index < -0.39 is 29.7 Å². The van der Waals surface area contributed by atoms with Crippen molar-refractivity contribution in [2.45, 2.75) is 19.4 Å². The van der Waals surface area contributed by atoms with Crippen LogP contribution in [0.4, 0.5) is 5.69 Å². The highest BCUT2D eigenvalue weighted by molar-refractivity contribution is 6.24. The number of aryl methyl sites for hydroxylation is 1. The molecule has 1 heterocycles. The third-order valence-corrected chi connectivity index (χ3v) is 5.84. The summed E-state index contributed by atoms with van der Waals surface area (Å²) < 4.78 is 10.6. The van der Waals surface area contributed by atoms with Gasteiger partial charge in [0.25, 0.3) is 17.7 Å². The van der Waals surface area contributed by atoms with E-state index in [0.717, 1.165) is 15.5 Å². The van der Waals surface area contributed by atoms with Gasteiger partial charge in [0.2, 0.25) is 5.91 Å². The minimum Gasteiger partial charge on any atom is -0.497 e. The van der Waals surface area contributed by atoms with E-state index >= 15 is 0 Å². The van der Waals surface area contributed by atoms with Crippen molar-refractivity contribution in [3.8, 4) is 11.5 Å². The van der Waals surface area contributed by atoms with Crippen LogP contribution in [0.1, 0.15) is 32.7 Å². The second-order valence-electron chi connectivity index (χ2n) is 8.17. The smallest absolute Gasteiger partial charge is 0.273 e. The predicted molar refractivity (Wildman–Crippen MR) is 132 cm³/mol. The quantitative estimate of drug-likeness (QED) is 0.423. The maximum atomic E-state index is 13.6. The first kappa shape index (κ1) is 24.5. The summed E-state index contributed by atoms with van der Waals surface area (Å²) in [5.41, 5.74) is 4.29. The molecule has 0 aliphatic carbocycles. The highest BCUT2D eigenvalue weighted by Gasteiger charge is 2.46. The second-order valence-corrected chi connectivity index (χ2v) is 8.17. The minimum atomic E-state index is -1.26. The highest BCUT2D eigenvalue weighted by Crippen LogP contribution is 2.36. The fraction of sp³-hybridized carbons (Fsp3) is 0.185. The molecule has 1 fully saturated rings. The van der Waals surface area contributed by atoms with Crippen molar-refractivity contribution < 1.29 is 28.7 Å². The van der Waals surface area contributed by atoms with Crippen LogP contribution < -0.4 is 19.8 Å². The Morgan fingerprint density at radius 2 is 1.61 bits per heavy atom. The summed E-state index contributed by atoms with van der Waals surface area (Å²) >= 11 is 0. The molecule has 9 nitrogen and oxygen atoms in total. The summed E-state index contributed by atoms with van der Waals surface area (Å²) in [6, 6.07) is 18.4. The van der Waals surface area contributed by atoms with Crippen LogP contribution in [0.5, 0.6) is 11.5 Å². The third kappa shape index (κ3) is 4.76. The molecule has 1 unspecified atom stereocenters. The van der Waals surface area contributed by atoms with Crippen LogP contribution in [0.15, 0.2) is 72.8 Å². The van der Waals surface area contributed by atoms with Crippen molar-refractivity contribution in [2.75, 3.05) is 19.1 Å². The highest BCUT2D eigenvalue weighted by atomic mass is 16.5. The normalized spacial score (nSPS) is 15.0. The Morgan fingerprint density at radius 1 is 0.917 bits per heavy atom. The van der Waals surface area contributed by atoms with Gasteiger partial charge in [-0.05, 0) is 43.3 Å². The van der Waals surface area contributed by atoms with Gasteiger partial charge < -0.3 is 9.47 Å². The van der Waals surface area contributed by atoms with E-state index in [0.29, 0.717) is 11.3 Å². The first-order valence-corrected chi connectivity index (χ1v) is 11.2. The van der Waals surface area contributed by atoms with Gasteiger partial charge in [-0.3, -0.25) is 24.6 Å². The molecule has 1 saturated heterocycles. The number of carbonyl (C=O) groups is 4. The van der Waals surface area contributed by atoms with Gasteiger partial charge in [0.05, 0.1) is 26.3 Å². The molecule has 1 atom stereocenters. The third-order valence-electron chi connectivity index (χ3n) is 5.84. The number of benzene rings is 3. The van der Waals surface area contributed by atoms with Crippen LogP contribution in [-0.2, 0) is 9.59 Å². The summed E-state index contributed by atoms with van der Waals surface area (Å²) in [4.78, 5) is 54.0. The van der Waals surface area contributed by atoms with Crippen LogP contribution in [0.3, 0.4) is 0 Å². The van der Waals surface area contributed by atoms with Crippen molar-refractivity contribution >= 4 is 29.3 Å². The number of nitrogens with one attached hydrogen (secondary N) is 1. The van der Waals surface area contributed by atoms with Crippen LogP contribution in [0, 0.1) is 6.92 Å². The fourth-order valence-electron chi connectivity index (χ4n) is 3.91. The van der Waals surface area contributed by atoms with Crippen molar-refractivity contribution in [1.82, 2.24) is 10.4 Å². The molecule has 0 radical (unpaired) electrons. The van der Waals surface area contributed by atoms with Crippen molar-refractivity contribution in [3.63, 3.8) is 0 Å². The van der Waals surface area contributed by atoms with Crippen molar-refractivity contribution in [3.05, 3.63) is 89.5 Å². The predicted octanol–water partition coefficient (Wildman–Crippen LogP) is 3.13. The Hall–Kier alpha value is -4.66. The van der Waals surface area contributed by atoms with E-state index in [9.17, 15) is 19.2 Å². The average molecular weight is 488 g/mol. The second kappa shape index (κ2) is 10.3. The van der Waals surface area contributed by atoms with E-state index in [-0.39, 0.29) is 23.4 Å². The number of carbonyl (C=O) groups excluding carboxylic acids is 4. The van der Waals surface area contributed by atoms with Crippen LogP contribution in [0.25, 0.3) is 0 Å². The Kier molecular flexibility index (Phi) is 7.00. The molecular formula is C27H25N3O6. The summed E-state index contributed by atoms with van der Waals surface area (Å²) in [6.45, 7) is 1.89. The topological polar surface area (TPSA) is 105 Å². The molecule has 1 aliphatic heterocycles. The van der Waals surface area contributed by atoms with Crippen molar-refractivity contribution in [2.24, 2.45) is 0 Å². The number of hydrogen-bond acceptors (Lipinski definition) is 6. The van der Waals surface area contributed by atoms with Gasteiger partial charge in [-0.25, -0.2) is 9.91 Å². The van der Waals surface area contributed by atoms with Crippen molar-refractivity contribution in [1.29, 1.82) is 0 Å². The van der Waals surface area contributed by atoms with Gasteiger partial charge >= 0.3 is 0 Å². The number of nitrogens with zero attached hydrogens (tertiary/aromatic N) is 2. The lowest BCUT2D eigenvalue weighted by atomic mass is 10.1. The van der Waals surface area contributed by atoms with Gasteiger partial charge in [0.15, 0.2) is 0 Å². The van der Waals surface area contributed by atoms with E-state index in [1.807, 2.05) is 6.92 Å². The molecular weight excluding hydrogens is 462 g/mol. The molecule has 9 heteroatoms. The standard InChI is InChI=1S/C27H25N3O6/c1-17-9-11-18(12-10-17)25(32)28-30(26(33)19-7-5-4-6-8-19)22-16-24(31)29(27(22)34)21-14-13-20(35-2)15-23(21)36-3/h4-15,22H,16H2,1-3H3,(H,28,32). The number of amides is 4. The molecule has 0 aromatic heterocycles. The van der Waals surface area contributed by atoms with Gasteiger partial charge in [0, 0.05) is 17.2 Å². The molecule has 0 saturated carbocycles. The molecule has 3 aromatic rings. The van der Waals surface area contributed by atoms with Crippen LogP contribution >= 0.6 is 0 Å². The lowest BCUT2D eigenvalue weighted by Gasteiger charge is -2.28. The Morgan fingerprint density at radius 3 is 2.25 bits per heavy atom. The molecule has 4 amide bonds. The minimum absolute atomic E-state index is 0.216. The number of ether oxygens (including phenoxy) is 2. The number of rotatable bonds is 6. The molecule has 0 spiro atoms. The van der Waals surface area contributed by atoms with E-state index in [1.165, 1.54) is 20.3 Å². The number of anilines is 1. The molecule has 1 N–H and O–H groups in total. The average Bonchev–Trinajstić information content (AvgIpc) is 3.20. The number of methoxy groups -OCH3 is 2. The Bertz CT molecular complexity index is 1310. The number of hydrogen-bond donors (Lipinski definition) is 1. The maximum Gasteiger partial charge on any atom is 0.273 e. The Labute approximate surface area is 208 Å². The molecule has 3 aromatic carbocycles. The van der Waals surface area contributed by atoms with Gasteiger partial charge in [-0.2, -0.15) is 0 Å². The molecule has 4 rings (SSSR count). The number of hydrazine groups is 1. The van der Waals surface area contributed by atoms with Crippen LogP contribution in [0.2, 0.25) is 0 Å². The first-order valence-electron chi connectivity index (χ1n) is 11.2. The zero-order valence-corrected chi connectivity index (χ0v) is 20.1. The summed E-state index contributed by atoms with van der Waals surface area (Å²) in [5.74, 6) is -1.68. The van der Waals surface area contributed by atoms with E-state index in [2.05, 4.69) is 5.43 Å². The molecule has 36 heavy (non-hydrogen) atoms. The molecule has 1 aliphatic rings. The lowest BCUT2D eigenvalue weighted by Crippen LogP contribution is -2.54. The van der Waals surface area contributed by atoms with Gasteiger partial charge in [-0.1, -0.05) is 35.9 Å². The summed E-state index contributed by atoms with van der Waals surface area (Å²) in [6.07, 6.45) is -0.319. The largest absolute Gasteiger partial charge is 0.497 e. The maximum absolute atomic E-state index is 13.6. The van der Waals surface area contributed by atoms with E-state index in [4.69, 9.17) is 9.47 Å². The van der Waals surface area contributed by atoms with E-state index in [1.54, 1.807) is 66.7 Å². The lowest BCUT2D eigenvalue weighted by molar-refractivity contribution is -0.122. The fourth-order valence-corrected chi connectivity index (χ4v) is 3.91.